The third-order valence-corrected chi connectivity index (χ3v) is 3.44. The van der Waals surface area contributed by atoms with Gasteiger partial charge >= 0.3 is 11.9 Å². The maximum absolute atomic E-state index is 12.5. The number of nitrogens with one attached hydrogen (secondary N) is 2. The maximum atomic E-state index is 12.5. The van der Waals surface area contributed by atoms with E-state index < -0.39 is 23.4 Å². The summed E-state index contributed by atoms with van der Waals surface area (Å²) in [6.45, 7) is 7.43. The third-order valence-electron chi connectivity index (χ3n) is 3.44. The fourth-order valence-corrected chi connectivity index (χ4v) is 2.43. The molecule has 138 valence electrons. The largest absolute Gasteiger partial charge is 0.464 e. The van der Waals surface area contributed by atoms with Gasteiger partial charge in [-0.15, -0.1) is 0 Å². The van der Waals surface area contributed by atoms with E-state index in [9.17, 15) is 14.4 Å². The Morgan fingerprint density at radius 2 is 1.48 bits per heavy atom. The van der Waals surface area contributed by atoms with Gasteiger partial charge in [0.05, 0.1) is 13.2 Å². The van der Waals surface area contributed by atoms with Crippen LogP contribution in [-0.2, 0) is 30.3 Å². The van der Waals surface area contributed by atoms with Gasteiger partial charge in [0.25, 0.3) is 0 Å². The zero-order valence-electron chi connectivity index (χ0n) is 15.2. The van der Waals surface area contributed by atoms with Gasteiger partial charge < -0.3 is 20.1 Å². The lowest BCUT2D eigenvalue weighted by Crippen LogP contribution is -2.62. The molecule has 0 aliphatic rings. The lowest BCUT2D eigenvalue weighted by Gasteiger charge is -2.29. The van der Waals surface area contributed by atoms with Crippen LogP contribution in [0.1, 0.15) is 33.3 Å². The summed E-state index contributed by atoms with van der Waals surface area (Å²) >= 11 is 0. The monoisotopic (exact) mass is 350 g/mol. The topological polar surface area (TPSA) is 93.7 Å². The summed E-state index contributed by atoms with van der Waals surface area (Å²) in [6.07, 6.45) is -0.0589. The molecule has 1 rings (SSSR count). The molecule has 0 saturated carbocycles. The van der Waals surface area contributed by atoms with Crippen molar-refractivity contribution in [1.82, 2.24) is 5.32 Å². The standard InChI is InChI=1S/C18H26N2O5/c1-5-19-15-10-8-14(9-11-15)12-18(20-13(4)21,16(22)24-6-2)17(23)25-7-3/h8-11,19H,5-7,12H2,1-4H3,(H,20,21). The summed E-state index contributed by atoms with van der Waals surface area (Å²) < 4.78 is 10.1. The van der Waals surface area contributed by atoms with E-state index in [1.54, 1.807) is 26.0 Å². The Kier molecular flexibility index (Phi) is 7.91. The van der Waals surface area contributed by atoms with Crippen LogP contribution in [0.5, 0.6) is 0 Å². The summed E-state index contributed by atoms with van der Waals surface area (Å²) in [7, 11) is 0. The number of carbonyl (C=O) groups excluding carboxylic acids is 3. The molecule has 1 aromatic carbocycles. The molecule has 7 heteroatoms. The number of hydrogen-bond donors (Lipinski definition) is 2. The van der Waals surface area contributed by atoms with Crippen molar-refractivity contribution in [3.05, 3.63) is 29.8 Å². The molecule has 0 fully saturated rings. The predicted molar refractivity (Wildman–Crippen MR) is 94.1 cm³/mol. The van der Waals surface area contributed by atoms with Gasteiger partial charge in [0, 0.05) is 25.6 Å². The first kappa shape index (κ1) is 20.5. The van der Waals surface area contributed by atoms with Crippen LogP contribution in [0.3, 0.4) is 0 Å². The number of anilines is 1. The van der Waals surface area contributed by atoms with Gasteiger partial charge in [0.1, 0.15) is 0 Å². The van der Waals surface area contributed by atoms with Gasteiger partial charge in [-0.05, 0) is 38.5 Å². The van der Waals surface area contributed by atoms with Crippen molar-refractivity contribution in [2.24, 2.45) is 0 Å². The van der Waals surface area contributed by atoms with Crippen molar-refractivity contribution in [2.45, 2.75) is 39.7 Å². The average molecular weight is 350 g/mol. The van der Waals surface area contributed by atoms with Crippen LogP contribution in [0.25, 0.3) is 0 Å². The highest BCUT2D eigenvalue weighted by atomic mass is 16.6. The molecule has 0 heterocycles. The highest BCUT2D eigenvalue weighted by molar-refractivity contribution is 6.08. The number of rotatable bonds is 9. The molecule has 0 unspecified atom stereocenters. The van der Waals surface area contributed by atoms with E-state index >= 15 is 0 Å². The summed E-state index contributed by atoms with van der Waals surface area (Å²) in [6, 6.07) is 7.25. The van der Waals surface area contributed by atoms with Crippen LogP contribution in [0, 0.1) is 0 Å². The first-order chi connectivity index (χ1) is 11.9. The zero-order valence-corrected chi connectivity index (χ0v) is 15.2. The lowest BCUT2D eigenvalue weighted by atomic mass is 9.90. The number of benzene rings is 1. The van der Waals surface area contributed by atoms with E-state index in [1.807, 2.05) is 19.1 Å². The van der Waals surface area contributed by atoms with Crippen molar-refractivity contribution in [3.8, 4) is 0 Å². The van der Waals surface area contributed by atoms with Crippen LogP contribution in [0.4, 0.5) is 5.69 Å². The Morgan fingerprint density at radius 1 is 0.960 bits per heavy atom. The van der Waals surface area contributed by atoms with Crippen LogP contribution >= 0.6 is 0 Å². The highest BCUT2D eigenvalue weighted by Crippen LogP contribution is 2.20. The SMILES string of the molecule is CCNc1ccc(CC(NC(C)=O)(C(=O)OCC)C(=O)OCC)cc1. The van der Waals surface area contributed by atoms with Crippen LogP contribution in [-0.4, -0.2) is 43.1 Å². The molecule has 0 spiro atoms. The normalized spacial score (nSPS) is 10.7. The summed E-state index contributed by atoms with van der Waals surface area (Å²) in [4.78, 5) is 36.8. The van der Waals surface area contributed by atoms with Gasteiger partial charge in [-0.1, -0.05) is 12.1 Å². The first-order valence-electron chi connectivity index (χ1n) is 8.35. The van der Waals surface area contributed by atoms with E-state index in [2.05, 4.69) is 10.6 Å². The third kappa shape index (κ3) is 5.48. The molecule has 0 aliphatic heterocycles. The molecular weight excluding hydrogens is 324 g/mol. The summed E-state index contributed by atoms with van der Waals surface area (Å²) in [5.74, 6) is -2.19. The summed E-state index contributed by atoms with van der Waals surface area (Å²) in [5, 5.41) is 5.61. The number of ether oxygens (including phenoxy) is 2. The van der Waals surface area contributed by atoms with Gasteiger partial charge in [0.15, 0.2) is 0 Å². The quantitative estimate of drug-likeness (QED) is 0.520. The molecule has 7 nitrogen and oxygen atoms in total. The minimum atomic E-state index is -1.91. The van der Waals surface area contributed by atoms with Crippen LogP contribution in [0.2, 0.25) is 0 Å². The van der Waals surface area contributed by atoms with Gasteiger partial charge in [-0.25, -0.2) is 9.59 Å². The minimum Gasteiger partial charge on any atom is -0.464 e. The number of hydrogen-bond acceptors (Lipinski definition) is 6. The lowest BCUT2D eigenvalue weighted by molar-refractivity contribution is -0.168. The number of carbonyl (C=O) groups is 3. The molecular formula is C18H26N2O5. The Morgan fingerprint density at radius 3 is 1.88 bits per heavy atom. The van der Waals surface area contributed by atoms with E-state index in [4.69, 9.17) is 9.47 Å². The van der Waals surface area contributed by atoms with Crippen molar-refractivity contribution < 1.29 is 23.9 Å². The summed E-state index contributed by atoms with van der Waals surface area (Å²) in [5.41, 5.74) is -0.294. The van der Waals surface area contributed by atoms with Crippen molar-refractivity contribution in [1.29, 1.82) is 0 Å². The van der Waals surface area contributed by atoms with E-state index in [1.165, 1.54) is 6.92 Å². The van der Waals surface area contributed by atoms with Gasteiger partial charge in [-0.2, -0.15) is 0 Å². The Bertz CT molecular complexity index is 580. The second-order valence-corrected chi connectivity index (χ2v) is 5.43. The predicted octanol–water partition coefficient (Wildman–Crippen LogP) is 1.66. The second-order valence-electron chi connectivity index (χ2n) is 5.43. The molecule has 0 radical (unpaired) electrons. The van der Waals surface area contributed by atoms with E-state index in [0.29, 0.717) is 5.56 Å². The van der Waals surface area contributed by atoms with Crippen molar-refractivity contribution in [2.75, 3.05) is 25.1 Å². The minimum absolute atomic E-state index is 0.0589. The van der Waals surface area contributed by atoms with Crippen LogP contribution < -0.4 is 10.6 Å². The van der Waals surface area contributed by atoms with Gasteiger partial charge in [-0.3, -0.25) is 4.79 Å². The maximum Gasteiger partial charge on any atom is 0.344 e. The smallest absolute Gasteiger partial charge is 0.344 e. The fraction of sp³-hybridized carbons (Fsp3) is 0.500. The van der Waals surface area contributed by atoms with Crippen molar-refractivity contribution >= 4 is 23.5 Å². The van der Waals surface area contributed by atoms with E-state index in [0.717, 1.165) is 12.2 Å². The van der Waals surface area contributed by atoms with E-state index in [-0.39, 0.29) is 19.6 Å². The number of amides is 1. The highest BCUT2D eigenvalue weighted by Gasteiger charge is 2.50. The molecule has 0 aromatic heterocycles. The van der Waals surface area contributed by atoms with Crippen LogP contribution in [0.15, 0.2) is 24.3 Å². The van der Waals surface area contributed by atoms with Gasteiger partial charge in [0.2, 0.25) is 11.4 Å². The Balaban J connectivity index is 3.23. The number of esters is 2. The molecule has 1 aromatic rings. The first-order valence-corrected chi connectivity index (χ1v) is 8.35. The average Bonchev–Trinajstić information content (AvgIpc) is 2.56. The fourth-order valence-electron chi connectivity index (χ4n) is 2.43. The Labute approximate surface area is 148 Å². The molecule has 2 N–H and O–H groups in total. The molecule has 0 atom stereocenters. The molecule has 0 bridgehead atoms. The Hall–Kier alpha value is -2.57. The molecule has 1 amide bonds. The second kappa shape index (κ2) is 9.66. The molecule has 25 heavy (non-hydrogen) atoms. The molecule has 0 aliphatic carbocycles. The zero-order chi connectivity index (χ0) is 18.9. The molecule has 0 saturated heterocycles. The van der Waals surface area contributed by atoms with Crippen molar-refractivity contribution in [3.63, 3.8) is 0 Å².